The smallest absolute Gasteiger partial charge is 0.253 e. The van der Waals surface area contributed by atoms with Crippen molar-refractivity contribution in [1.29, 1.82) is 0 Å². The summed E-state index contributed by atoms with van der Waals surface area (Å²) in [5, 5.41) is 2.80. The zero-order chi connectivity index (χ0) is 13.8. The van der Waals surface area contributed by atoms with Gasteiger partial charge in [0.15, 0.2) is 0 Å². The molecular formula is C14H12BrFN2O. The summed E-state index contributed by atoms with van der Waals surface area (Å²) in [5.41, 5.74) is 1.17. The zero-order valence-electron chi connectivity index (χ0n) is 10.2. The molecule has 1 heterocycles. The summed E-state index contributed by atoms with van der Waals surface area (Å²) in [6.07, 6.45) is 3.09. The topological polar surface area (TPSA) is 42.0 Å². The minimum atomic E-state index is -0.317. The average Bonchev–Trinajstić information content (AvgIpc) is 2.38. The van der Waals surface area contributed by atoms with Crippen molar-refractivity contribution in [3.63, 3.8) is 0 Å². The maximum atomic E-state index is 13.1. The van der Waals surface area contributed by atoms with Crippen molar-refractivity contribution in [2.45, 2.75) is 13.0 Å². The van der Waals surface area contributed by atoms with Crippen LogP contribution in [0.15, 0.2) is 47.2 Å². The number of carbonyl (C=O) groups is 1. The fourth-order valence-electron chi connectivity index (χ4n) is 1.68. The Kier molecular flexibility index (Phi) is 4.27. The Labute approximate surface area is 119 Å². The molecule has 1 atom stereocenters. The summed E-state index contributed by atoms with van der Waals surface area (Å²) < 4.78 is 13.8. The molecule has 0 aliphatic carbocycles. The van der Waals surface area contributed by atoms with Crippen LogP contribution in [0.2, 0.25) is 0 Å². The molecule has 1 aromatic carbocycles. The van der Waals surface area contributed by atoms with Crippen LogP contribution in [0.4, 0.5) is 4.39 Å². The lowest BCUT2D eigenvalue weighted by atomic mass is 10.1. The van der Waals surface area contributed by atoms with Gasteiger partial charge in [0.2, 0.25) is 0 Å². The third-order valence-electron chi connectivity index (χ3n) is 2.66. The van der Waals surface area contributed by atoms with Gasteiger partial charge < -0.3 is 5.32 Å². The van der Waals surface area contributed by atoms with Crippen molar-refractivity contribution >= 4 is 21.8 Å². The highest BCUT2D eigenvalue weighted by atomic mass is 79.9. The van der Waals surface area contributed by atoms with E-state index >= 15 is 0 Å². The highest BCUT2D eigenvalue weighted by Gasteiger charge is 2.12. The second-order valence-corrected chi connectivity index (χ2v) is 5.06. The van der Waals surface area contributed by atoms with E-state index in [4.69, 9.17) is 0 Å². The molecule has 0 radical (unpaired) electrons. The molecule has 2 rings (SSSR count). The van der Waals surface area contributed by atoms with Crippen LogP contribution in [0.1, 0.15) is 28.9 Å². The minimum absolute atomic E-state index is 0.245. The number of benzene rings is 1. The van der Waals surface area contributed by atoms with E-state index in [9.17, 15) is 9.18 Å². The van der Waals surface area contributed by atoms with E-state index in [0.29, 0.717) is 5.56 Å². The number of nitrogens with one attached hydrogen (secondary N) is 1. The lowest BCUT2D eigenvalue weighted by Gasteiger charge is -2.14. The summed E-state index contributed by atoms with van der Waals surface area (Å²) in [5.74, 6) is -0.562. The summed E-state index contributed by atoms with van der Waals surface area (Å²) in [6, 6.07) is 7.57. The highest BCUT2D eigenvalue weighted by molar-refractivity contribution is 9.10. The van der Waals surface area contributed by atoms with Gasteiger partial charge >= 0.3 is 0 Å². The number of amides is 1. The number of hydrogen-bond acceptors (Lipinski definition) is 2. The van der Waals surface area contributed by atoms with Crippen LogP contribution in [0, 0.1) is 5.82 Å². The van der Waals surface area contributed by atoms with Gasteiger partial charge in [-0.1, -0.05) is 12.1 Å². The normalized spacial score (nSPS) is 11.9. The molecule has 3 nitrogen and oxygen atoms in total. The molecule has 5 heteroatoms. The number of aromatic nitrogens is 1. The Bertz CT molecular complexity index is 604. The first-order valence-electron chi connectivity index (χ1n) is 5.73. The second kappa shape index (κ2) is 5.93. The van der Waals surface area contributed by atoms with Gasteiger partial charge in [0.05, 0.1) is 11.6 Å². The third kappa shape index (κ3) is 3.61. The fraction of sp³-hybridized carbons (Fsp3) is 0.143. The van der Waals surface area contributed by atoms with Gasteiger partial charge in [-0.2, -0.15) is 0 Å². The minimum Gasteiger partial charge on any atom is -0.345 e. The number of carbonyl (C=O) groups excluding carboxylic acids is 1. The Morgan fingerprint density at radius 1 is 1.37 bits per heavy atom. The number of halogens is 2. The molecule has 0 aliphatic rings. The van der Waals surface area contributed by atoms with E-state index in [2.05, 4.69) is 26.2 Å². The predicted octanol–water partition coefficient (Wildman–Crippen LogP) is 3.47. The van der Waals surface area contributed by atoms with E-state index in [0.717, 1.165) is 10.0 Å². The highest BCUT2D eigenvalue weighted by Crippen LogP contribution is 2.15. The van der Waals surface area contributed by atoms with Crippen molar-refractivity contribution in [3.8, 4) is 0 Å². The van der Waals surface area contributed by atoms with Gasteiger partial charge in [0, 0.05) is 16.9 Å². The molecular weight excluding hydrogens is 311 g/mol. The molecule has 19 heavy (non-hydrogen) atoms. The van der Waals surface area contributed by atoms with E-state index in [-0.39, 0.29) is 17.8 Å². The summed E-state index contributed by atoms with van der Waals surface area (Å²) in [7, 11) is 0. The first-order chi connectivity index (χ1) is 9.06. The van der Waals surface area contributed by atoms with E-state index < -0.39 is 0 Å². The molecule has 0 aliphatic heterocycles. The third-order valence-corrected chi connectivity index (χ3v) is 3.10. The van der Waals surface area contributed by atoms with Crippen LogP contribution in [-0.4, -0.2) is 10.9 Å². The van der Waals surface area contributed by atoms with Crippen LogP contribution in [0.3, 0.4) is 0 Å². The quantitative estimate of drug-likeness (QED) is 0.940. The first kappa shape index (κ1) is 13.7. The molecule has 1 unspecified atom stereocenters. The summed E-state index contributed by atoms with van der Waals surface area (Å²) in [6.45, 7) is 1.80. The van der Waals surface area contributed by atoms with Crippen molar-refractivity contribution in [2.75, 3.05) is 0 Å². The maximum absolute atomic E-state index is 13.1. The SMILES string of the molecule is CC(NC(=O)c1cncc(Br)c1)c1cccc(F)c1. The van der Waals surface area contributed by atoms with Crippen LogP contribution >= 0.6 is 15.9 Å². The molecule has 0 fully saturated rings. The van der Waals surface area contributed by atoms with E-state index in [1.807, 2.05) is 0 Å². The molecule has 0 saturated heterocycles. The van der Waals surface area contributed by atoms with Crippen LogP contribution < -0.4 is 5.32 Å². The maximum Gasteiger partial charge on any atom is 0.253 e. The Hall–Kier alpha value is -1.75. The lowest BCUT2D eigenvalue weighted by molar-refractivity contribution is 0.0939. The second-order valence-electron chi connectivity index (χ2n) is 4.14. The number of nitrogens with zero attached hydrogens (tertiary/aromatic N) is 1. The first-order valence-corrected chi connectivity index (χ1v) is 6.52. The molecule has 1 amide bonds. The largest absolute Gasteiger partial charge is 0.345 e. The monoisotopic (exact) mass is 322 g/mol. The zero-order valence-corrected chi connectivity index (χ0v) is 11.8. The Morgan fingerprint density at radius 2 is 2.16 bits per heavy atom. The van der Waals surface area contributed by atoms with Gasteiger partial charge in [-0.15, -0.1) is 0 Å². The average molecular weight is 323 g/mol. The van der Waals surface area contributed by atoms with Gasteiger partial charge in [-0.3, -0.25) is 9.78 Å². The van der Waals surface area contributed by atoms with Crippen LogP contribution in [0.5, 0.6) is 0 Å². The van der Waals surface area contributed by atoms with Crippen molar-refractivity contribution in [3.05, 3.63) is 64.1 Å². The molecule has 1 N–H and O–H groups in total. The molecule has 2 aromatic rings. The van der Waals surface area contributed by atoms with Gasteiger partial charge in [0.25, 0.3) is 5.91 Å². The van der Waals surface area contributed by atoms with Crippen molar-refractivity contribution < 1.29 is 9.18 Å². The van der Waals surface area contributed by atoms with E-state index in [1.165, 1.54) is 18.3 Å². The van der Waals surface area contributed by atoms with Crippen LogP contribution in [0.25, 0.3) is 0 Å². The standard InChI is InChI=1S/C14H12BrFN2O/c1-9(10-3-2-4-13(16)6-10)18-14(19)11-5-12(15)8-17-7-11/h2-9H,1H3,(H,18,19). The van der Waals surface area contributed by atoms with Gasteiger partial charge in [-0.25, -0.2) is 4.39 Å². The predicted molar refractivity (Wildman–Crippen MR) is 74.2 cm³/mol. The number of rotatable bonds is 3. The van der Waals surface area contributed by atoms with Gasteiger partial charge in [0.1, 0.15) is 5.82 Å². The molecule has 0 saturated carbocycles. The fourth-order valence-corrected chi connectivity index (χ4v) is 2.04. The summed E-state index contributed by atoms with van der Waals surface area (Å²) in [4.78, 5) is 15.9. The number of pyridine rings is 1. The molecule has 1 aromatic heterocycles. The number of hydrogen-bond donors (Lipinski definition) is 1. The lowest BCUT2D eigenvalue weighted by Crippen LogP contribution is -2.26. The van der Waals surface area contributed by atoms with Crippen LogP contribution in [-0.2, 0) is 0 Å². The van der Waals surface area contributed by atoms with Crippen molar-refractivity contribution in [2.24, 2.45) is 0 Å². The Morgan fingerprint density at radius 3 is 2.84 bits per heavy atom. The molecule has 98 valence electrons. The van der Waals surface area contributed by atoms with Gasteiger partial charge in [-0.05, 0) is 46.6 Å². The molecule has 0 bridgehead atoms. The Balaban J connectivity index is 2.11. The summed E-state index contributed by atoms with van der Waals surface area (Å²) >= 11 is 3.26. The molecule has 0 spiro atoms. The van der Waals surface area contributed by atoms with Crippen molar-refractivity contribution in [1.82, 2.24) is 10.3 Å². The van der Waals surface area contributed by atoms with E-state index in [1.54, 1.807) is 31.3 Å².